The average molecular weight is 408 g/mol. The van der Waals surface area contributed by atoms with Gasteiger partial charge in [0, 0.05) is 24.7 Å². The molecule has 1 aromatic rings. The number of halogens is 2. The van der Waals surface area contributed by atoms with Crippen LogP contribution in [-0.2, 0) is 6.42 Å². The maximum absolute atomic E-state index is 6.01. The van der Waals surface area contributed by atoms with E-state index in [1.54, 1.807) is 0 Å². The van der Waals surface area contributed by atoms with Crippen LogP contribution >= 0.6 is 35.6 Å². The van der Waals surface area contributed by atoms with Crippen LogP contribution in [0.2, 0.25) is 5.02 Å². The van der Waals surface area contributed by atoms with Crippen molar-refractivity contribution in [3.8, 4) is 0 Å². The molecule has 0 amide bonds. The first-order chi connectivity index (χ1) is 9.25. The van der Waals surface area contributed by atoms with Crippen molar-refractivity contribution in [3.63, 3.8) is 0 Å². The van der Waals surface area contributed by atoms with Crippen molar-refractivity contribution >= 4 is 41.5 Å². The smallest absolute Gasteiger partial charge is 0.191 e. The van der Waals surface area contributed by atoms with E-state index < -0.39 is 0 Å². The average Bonchev–Trinajstić information content (AvgIpc) is 2.46. The number of aliphatic imine (C=N–C) groups is 1. The molecule has 112 valence electrons. The zero-order valence-electron chi connectivity index (χ0n) is 11.7. The maximum atomic E-state index is 6.01. The number of nitrogens with two attached hydrogens (primary N) is 1. The van der Waals surface area contributed by atoms with Gasteiger partial charge in [0.1, 0.15) is 0 Å². The molecule has 1 aliphatic rings. The van der Waals surface area contributed by atoms with Gasteiger partial charge in [-0.15, -0.1) is 24.0 Å². The molecule has 0 aromatic heterocycles. The minimum Gasteiger partial charge on any atom is -0.370 e. The van der Waals surface area contributed by atoms with Crippen molar-refractivity contribution in [1.29, 1.82) is 0 Å². The zero-order chi connectivity index (χ0) is 13.5. The van der Waals surface area contributed by atoms with Gasteiger partial charge in [0.2, 0.25) is 0 Å². The first kappa shape index (κ1) is 17.6. The Hall–Kier alpha value is -0.490. The third-order valence-corrected chi connectivity index (χ3v) is 3.74. The topological polar surface area (TPSA) is 41.6 Å². The number of hydrogen-bond donors (Lipinski definition) is 1. The zero-order valence-corrected chi connectivity index (χ0v) is 14.8. The van der Waals surface area contributed by atoms with E-state index in [0.29, 0.717) is 0 Å². The minimum absolute atomic E-state index is 0. The fourth-order valence-corrected chi connectivity index (χ4v) is 2.48. The monoisotopic (exact) mass is 407 g/mol. The Labute approximate surface area is 143 Å². The number of rotatable bonds is 4. The van der Waals surface area contributed by atoms with Gasteiger partial charge in [-0.25, -0.2) is 0 Å². The predicted molar refractivity (Wildman–Crippen MR) is 97.1 cm³/mol. The van der Waals surface area contributed by atoms with Gasteiger partial charge >= 0.3 is 0 Å². The van der Waals surface area contributed by atoms with Crippen LogP contribution in [0.1, 0.15) is 31.2 Å². The first-order valence-electron chi connectivity index (χ1n) is 7.05. The van der Waals surface area contributed by atoms with Gasteiger partial charge in [-0.2, -0.15) is 0 Å². The second-order valence-electron chi connectivity index (χ2n) is 5.02. The molecule has 0 saturated carbocycles. The first-order valence-corrected chi connectivity index (χ1v) is 7.43. The molecule has 1 aromatic carbocycles. The van der Waals surface area contributed by atoms with Gasteiger partial charge < -0.3 is 10.6 Å². The summed E-state index contributed by atoms with van der Waals surface area (Å²) in [5.74, 6) is 0.718. The van der Waals surface area contributed by atoms with Crippen LogP contribution in [0.5, 0.6) is 0 Å². The molecule has 5 heteroatoms. The van der Waals surface area contributed by atoms with E-state index in [1.807, 2.05) is 12.1 Å². The van der Waals surface area contributed by atoms with E-state index >= 15 is 0 Å². The van der Waals surface area contributed by atoms with Crippen molar-refractivity contribution in [2.45, 2.75) is 32.1 Å². The molecule has 0 bridgehead atoms. The molecule has 1 aliphatic heterocycles. The van der Waals surface area contributed by atoms with E-state index in [2.05, 4.69) is 22.0 Å². The highest BCUT2D eigenvalue weighted by Gasteiger charge is 2.11. The standard InChI is InChI=1S/C15H22ClN3.HI/c16-14-8-6-13(7-9-14)5-4-10-18-15(17)19-11-2-1-3-12-19;/h6-9H,1-5,10-12H2,(H2,17,18);1H. The largest absolute Gasteiger partial charge is 0.370 e. The van der Waals surface area contributed by atoms with Crippen LogP contribution < -0.4 is 5.73 Å². The van der Waals surface area contributed by atoms with E-state index in [9.17, 15) is 0 Å². The minimum atomic E-state index is 0. The quantitative estimate of drug-likeness (QED) is 0.358. The Balaban J connectivity index is 0.00000200. The summed E-state index contributed by atoms with van der Waals surface area (Å²) < 4.78 is 0. The van der Waals surface area contributed by atoms with E-state index in [-0.39, 0.29) is 24.0 Å². The van der Waals surface area contributed by atoms with E-state index in [0.717, 1.165) is 43.5 Å². The molecule has 0 spiro atoms. The van der Waals surface area contributed by atoms with Gasteiger partial charge in [-0.3, -0.25) is 4.99 Å². The molecule has 3 nitrogen and oxygen atoms in total. The number of benzene rings is 1. The van der Waals surface area contributed by atoms with Gasteiger partial charge in [-0.05, 0) is 49.8 Å². The molecule has 2 N–H and O–H groups in total. The van der Waals surface area contributed by atoms with Crippen molar-refractivity contribution in [3.05, 3.63) is 34.9 Å². The molecule has 0 radical (unpaired) electrons. The number of hydrogen-bond acceptors (Lipinski definition) is 1. The van der Waals surface area contributed by atoms with Crippen LogP contribution in [0.3, 0.4) is 0 Å². The number of guanidine groups is 1. The number of likely N-dealkylation sites (tertiary alicyclic amines) is 1. The highest BCUT2D eigenvalue weighted by atomic mass is 127. The van der Waals surface area contributed by atoms with Crippen molar-refractivity contribution in [1.82, 2.24) is 4.90 Å². The van der Waals surface area contributed by atoms with Gasteiger partial charge in [0.15, 0.2) is 5.96 Å². The third-order valence-electron chi connectivity index (χ3n) is 3.49. The lowest BCUT2D eigenvalue weighted by Crippen LogP contribution is -2.40. The van der Waals surface area contributed by atoms with Gasteiger partial charge in [0.25, 0.3) is 0 Å². The summed E-state index contributed by atoms with van der Waals surface area (Å²) >= 11 is 5.86. The summed E-state index contributed by atoms with van der Waals surface area (Å²) in [5.41, 5.74) is 7.31. The molecule has 1 saturated heterocycles. The van der Waals surface area contributed by atoms with Crippen LogP contribution in [0.4, 0.5) is 0 Å². The van der Waals surface area contributed by atoms with Crippen molar-refractivity contribution in [2.24, 2.45) is 10.7 Å². The maximum Gasteiger partial charge on any atom is 0.191 e. The van der Waals surface area contributed by atoms with Crippen LogP contribution in [0.15, 0.2) is 29.3 Å². The molecule has 2 rings (SSSR count). The fourth-order valence-electron chi connectivity index (χ4n) is 2.35. The van der Waals surface area contributed by atoms with Crippen LogP contribution in [0, 0.1) is 0 Å². The Morgan fingerprint density at radius 1 is 1.15 bits per heavy atom. The highest BCUT2D eigenvalue weighted by molar-refractivity contribution is 14.0. The Kier molecular flexibility index (Phi) is 8.30. The summed E-state index contributed by atoms with van der Waals surface area (Å²) in [6, 6.07) is 8.00. The molecule has 0 unspecified atom stereocenters. The van der Waals surface area contributed by atoms with E-state index in [4.69, 9.17) is 17.3 Å². The summed E-state index contributed by atoms with van der Waals surface area (Å²) in [6.45, 7) is 2.92. The highest BCUT2D eigenvalue weighted by Crippen LogP contribution is 2.11. The Morgan fingerprint density at radius 2 is 1.80 bits per heavy atom. The lowest BCUT2D eigenvalue weighted by atomic mass is 10.1. The second-order valence-corrected chi connectivity index (χ2v) is 5.45. The normalized spacial score (nSPS) is 15.8. The SMILES string of the molecule is I.NC(=NCCCc1ccc(Cl)cc1)N1CCCCC1. The summed E-state index contributed by atoms with van der Waals surface area (Å²) in [7, 11) is 0. The molecule has 20 heavy (non-hydrogen) atoms. The third kappa shape index (κ3) is 5.87. The van der Waals surface area contributed by atoms with Crippen molar-refractivity contribution < 1.29 is 0 Å². The van der Waals surface area contributed by atoms with Crippen LogP contribution in [-0.4, -0.2) is 30.5 Å². The summed E-state index contributed by atoms with van der Waals surface area (Å²) in [5, 5.41) is 0.788. The molecule has 1 fully saturated rings. The van der Waals surface area contributed by atoms with E-state index in [1.165, 1.54) is 24.8 Å². The molecular weight excluding hydrogens is 385 g/mol. The predicted octanol–water partition coefficient (Wildman–Crippen LogP) is 3.69. The number of aryl methyl sites for hydroxylation is 1. The molecule has 1 heterocycles. The van der Waals surface area contributed by atoms with Gasteiger partial charge in [-0.1, -0.05) is 23.7 Å². The molecule has 0 aliphatic carbocycles. The lowest BCUT2D eigenvalue weighted by molar-refractivity contribution is 0.338. The Morgan fingerprint density at radius 3 is 2.45 bits per heavy atom. The fraction of sp³-hybridized carbons (Fsp3) is 0.533. The number of nitrogens with zero attached hydrogens (tertiary/aromatic N) is 2. The Bertz CT molecular complexity index is 414. The van der Waals surface area contributed by atoms with Gasteiger partial charge in [0.05, 0.1) is 0 Å². The molecule has 0 atom stereocenters. The molecular formula is C15H23ClIN3. The second kappa shape index (κ2) is 9.45. The van der Waals surface area contributed by atoms with Crippen molar-refractivity contribution in [2.75, 3.05) is 19.6 Å². The van der Waals surface area contributed by atoms with Crippen LogP contribution in [0.25, 0.3) is 0 Å². The summed E-state index contributed by atoms with van der Waals surface area (Å²) in [6.07, 6.45) is 5.84. The summed E-state index contributed by atoms with van der Waals surface area (Å²) in [4.78, 5) is 6.67. The number of piperidine rings is 1. The lowest BCUT2D eigenvalue weighted by Gasteiger charge is -2.27.